The Morgan fingerprint density at radius 2 is 2.00 bits per heavy atom. The standard InChI is InChI=1S/C17H15N3O4S/c21-14(10-2-4-15-16(8-10)24-9-23-15)5-6-18-17(22)11-1-3-12-13(7-11)20-25-19-12/h1-4,7-8,14,21H,5-6,9H2,(H,18,22)/t14-/m1/s1. The Kier molecular flexibility index (Phi) is 4.21. The molecule has 128 valence electrons. The van der Waals surface area contributed by atoms with Crippen LogP contribution in [-0.4, -0.2) is 33.1 Å². The van der Waals surface area contributed by atoms with Gasteiger partial charge in [0.25, 0.3) is 5.91 Å². The van der Waals surface area contributed by atoms with Crippen molar-refractivity contribution in [1.82, 2.24) is 14.1 Å². The van der Waals surface area contributed by atoms with E-state index in [0.717, 1.165) is 22.8 Å². The van der Waals surface area contributed by atoms with Crippen molar-refractivity contribution in [1.29, 1.82) is 0 Å². The Balaban J connectivity index is 1.34. The number of aliphatic hydroxyl groups is 1. The molecule has 0 aliphatic carbocycles. The van der Waals surface area contributed by atoms with Crippen molar-refractivity contribution in [2.24, 2.45) is 0 Å². The normalized spacial score (nSPS) is 13.8. The van der Waals surface area contributed by atoms with Crippen LogP contribution in [0.25, 0.3) is 11.0 Å². The zero-order valence-electron chi connectivity index (χ0n) is 13.1. The summed E-state index contributed by atoms with van der Waals surface area (Å²) in [4.78, 5) is 12.2. The van der Waals surface area contributed by atoms with E-state index >= 15 is 0 Å². The maximum atomic E-state index is 12.2. The average molecular weight is 357 g/mol. The van der Waals surface area contributed by atoms with Gasteiger partial charge < -0.3 is 19.9 Å². The quantitative estimate of drug-likeness (QED) is 0.728. The molecule has 0 saturated carbocycles. The summed E-state index contributed by atoms with van der Waals surface area (Å²) in [6.45, 7) is 0.547. The van der Waals surface area contributed by atoms with Gasteiger partial charge in [-0.1, -0.05) is 6.07 Å². The Labute approximate surface area is 147 Å². The summed E-state index contributed by atoms with van der Waals surface area (Å²) < 4.78 is 18.8. The van der Waals surface area contributed by atoms with E-state index in [9.17, 15) is 9.90 Å². The molecule has 0 bridgehead atoms. The molecule has 0 saturated heterocycles. The monoisotopic (exact) mass is 357 g/mol. The lowest BCUT2D eigenvalue weighted by Crippen LogP contribution is -2.25. The summed E-state index contributed by atoms with van der Waals surface area (Å²) in [5, 5.41) is 13.1. The summed E-state index contributed by atoms with van der Waals surface area (Å²) in [6, 6.07) is 10.5. The number of aromatic nitrogens is 2. The molecule has 3 aromatic rings. The van der Waals surface area contributed by atoms with E-state index in [1.165, 1.54) is 0 Å². The molecule has 7 nitrogen and oxygen atoms in total. The molecule has 0 radical (unpaired) electrons. The number of nitrogens with zero attached hydrogens (tertiary/aromatic N) is 2. The third-order valence-electron chi connectivity index (χ3n) is 4.00. The highest BCUT2D eigenvalue weighted by molar-refractivity contribution is 7.00. The largest absolute Gasteiger partial charge is 0.454 e. The van der Waals surface area contributed by atoms with Gasteiger partial charge in [-0.15, -0.1) is 0 Å². The minimum atomic E-state index is -0.694. The molecule has 2 heterocycles. The molecule has 0 fully saturated rings. The van der Waals surface area contributed by atoms with Crippen molar-refractivity contribution >= 4 is 28.7 Å². The van der Waals surface area contributed by atoms with Gasteiger partial charge >= 0.3 is 0 Å². The molecule has 1 aromatic heterocycles. The van der Waals surface area contributed by atoms with Gasteiger partial charge in [0.05, 0.1) is 17.8 Å². The van der Waals surface area contributed by atoms with Crippen LogP contribution in [0.4, 0.5) is 0 Å². The summed E-state index contributed by atoms with van der Waals surface area (Å²) >= 11 is 1.12. The Bertz CT molecular complexity index is 927. The van der Waals surface area contributed by atoms with Gasteiger partial charge in [0.2, 0.25) is 6.79 Å². The van der Waals surface area contributed by atoms with Crippen LogP contribution in [0.15, 0.2) is 36.4 Å². The topological polar surface area (TPSA) is 93.6 Å². The second-order valence-corrected chi connectivity index (χ2v) is 6.17. The molecule has 1 aliphatic heterocycles. The number of benzene rings is 2. The molecule has 0 spiro atoms. The molecular formula is C17H15N3O4S. The number of nitrogens with one attached hydrogen (secondary N) is 1. The second-order valence-electron chi connectivity index (χ2n) is 5.64. The van der Waals surface area contributed by atoms with Crippen molar-refractivity contribution in [3.05, 3.63) is 47.5 Å². The van der Waals surface area contributed by atoms with Crippen LogP contribution in [0.5, 0.6) is 11.5 Å². The van der Waals surface area contributed by atoms with Crippen molar-refractivity contribution in [3.63, 3.8) is 0 Å². The molecular weight excluding hydrogens is 342 g/mol. The zero-order valence-corrected chi connectivity index (χ0v) is 14.0. The summed E-state index contributed by atoms with van der Waals surface area (Å²) in [5.74, 6) is 1.11. The van der Waals surface area contributed by atoms with Crippen LogP contribution in [-0.2, 0) is 0 Å². The summed E-state index contributed by atoms with van der Waals surface area (Å²) in [6.07, 6.45) is -0.300. The number of carbonyl (C=O) groups is 1. The number of ether oxygens (including phenoxy) is 2. The van der Waals surface area contributed by atoms with Crippen molar-refractivity contribution < 1.29 is 19.4 Å². The molecule has 2 aromatic carbocycles. The van der Waals surface area contributed by atoms with Gasteiger partial charge in [-0.05, 0) is 42.3 Å². The highest BCUT2D eigenvalue weighted by Gasteiger charge is 2.17. The number of aliphatic hydroxyl groups excluding tert-OH is 1. The fourth-order valence-electron chi connectivity index (χ4n) is 2.63. The maximum absolute atomic E-state index is 12.2. The van der Waals surface area contributed by atoms with Crippen LogP contribution in [0, 0.1) is 0 Å². The van der Waals surface area contributed by atoms with Crippen LogP contribution < -0.4 is 14.8 Å². The third kappa shape index (κ3) is 3.26. The predicted molar refractivity (Wildman–Crippen MR) is 91.9 cm³/mol. The molecule has 25 heavy (non-hydrogen) atoms. The van der Waals surface area contributed by atoms with Crippen LogP contribution >= 0.6 is 11.7 Å². The maximum Gasteiger partial charge on any atom is 0.251 e. The fraction of sp³-hybridized carbons (Fsp3) is 0.235. The number of hydrogen-bond acceptors (Lipinski definition) is 7. The number of carbonyl (C=O) groups excluding carboxylic acids is 1. The van der Waals surface area contributed by atoms with Crippen LogP contribution in [0.3, 0.4) is 0 Å². The van der Waals surface area contributed by atoms with Crippen molar-refractivity contribution in [3.8, 4) is 11.5 Å². The molecule has 8 heteroatoms. The number of fused-ring (bicyclic) bond motifs is 2. The van der Waals surface area contributed by atoms with Gasteiger partial charge in [-0.3, -0.25) is 4.79 Å². The lowest BCUT2D eigenvalue weighted by atomic mass is 10.1. The molecule has 1 amide bonds. The highest BCUT2D eigenvalue weighted by Crippen LogP contribution is 2.34. The first-order chi connectivity index (χ1) is 12.2. The number of hydrogen-bond donors (Lipinski definition) is 2. The van der Waals surface area contributed by atoms with Gasteiger partial charge in [0, 0.05) is 12.1 Å². The minimum Gasteiger partial charge on any atom is -0.454 e. The Morgan fingerprint density at radius 1 is 1.16 bits per heavy atom. The highest BCUT2D eigenvalue weighted by atomic mass is 32.1. The van der Waals surface area contributed by atoms with Crippen molar-refractivity contribution in [2.75, 3.05) is 13.3 Å². The summed E-state index contributed by atoms with van der Waals surface area (Å²) in [7, 11) is 0. The van der Waals surface area contributed by atoms with E-state index in [1.54, 1.807) is 36.4 Å². The predicted octanol–water partition coefficient (Wildman–Crippen LogP) is 2.27. The lowest BCUT2D eigenvalue weighted by Gasteiger charge is -2.12. The van der Waals surface area contributed by atoms with Crippen molar-refractivity contribution in [2.45, 2.75) is 12.5 Å². The molecule has 1 atom stereocenters. The van der Waals surface area contributed by atoms with Gasteiger partial charge in [-0.25, -0.2) is 0 Å². The van der Waals surface area contributed by atoms with Crippen LogP contribution in [0.1, 0.15) is 28.4 Å². The summed E-state index contributed by atoms with van der Waals surface area (Å²) in [5.41, 5.74) is 2.74. The Morgan fingerprint density at radius 3 is 2.92 bits per heavy atom. The fourth-order valence-corrected chi connectivity index (χ4v) is 3.15. The number of amides is 1. The molecule has 2 N–H and O–H groups in total. The molecule has 1 aliphatic rings. The van der Waals surface area contributed by atoms with E-state index in [0.29, 0.717) is 35.5 Å². The average Bonchev–Trinajstić information content (AvgIpc) is 3.28. The van der Waals surface area contributed by atoms with E-state index in [-0.39, 0.29) is 12.7 Å². The van der Waals surface area contributed by atoms with E-state index in [2.05, 4.69) is 14.1 Å². The van der Waals surface area contributed by atoms with E-state index < -0.39 is 6.10 Å². The minimum absolute atomic E-state index is 0.198. The first-order valence-corrected chi connectivity index (χ1v) is 8.52. The Hall–Kier alpha value is -2.71. The van der Waals surface area contributed by atoms with Gasteiger partial charge in [-0.2, -0.15) is 8.75 Å². The van der Waals surface area contributed by atoms with E-state index in [1.807, 2.05) is 0 Å². The van der Waals surface area contributed by atoms with Gasteiger partial charge in [0.1, 0.15) is 11.0 Å². The molecule has 4 rings (SSSR count). The smallest absolute Gasteiger partial charge is 0.251 e. The molecule has 0 unspecified atom stereocenters. The van der Waals surface area contributed by atoms with E-state index in [4.69, 9.17) is 9.47 Å². The first kappa shape index (κ1) is 15.8. The number of rotatable bonds is 5. The zero-order chi connectivity index (χ0) is 17.2. The van der Waals surface area contributed by atoms with Crippen LogP contribution in [0.2, 0.25) is 0 Å². The first-order valence-electron chi connectivity index (χ1n) is 7.79. The second kappa shape index (κ2) is 6.66. The van der Waals surface area contributed by atoms with Gasteiger partial charge in [0.15, 0.2) is 11.5 Å². The SMILES string of the molecule is O=C(NCC[C@@H](O)c1ccc2c(c1)OCO2)c1ccc2nsnc2c1. The third-order valence-corrected chi connectivity index (χ3v) is 4.56. The lowest BCUT2D eigenvalue weighted by molar-refractivity contribution is 0.0942.